The van der Waals surface area contributed by atoms with Gasteiger partial charge in [0.05, 0.1) is 12.2 Å². The maximum absolute atomic E-state index is 9.73. The smallest absolute Gasteiger partial charge is 0.0964 e. The molecule has 0 aromatic carbocycles. The molecule has 0 aliphatic carbocycles. The van der Waals surface area contributed by atoms with E-state index in [-0.39, 0.29) is 6.04 Å². The Balaban J connectivity index is 1.73. The summed E-state index contributed by atoms with van der Waals surface area (Å²) in [6, 6.07) is -0.0193. The highest BCUT2D eigenvalue weighted by Gasteiger charge is 2.32. The molecule has 27 heavy (non-hydrogen) atoms. The second-order valence-corrected chi connectivity index (χ2v) is 8.06. The van der Waals surface area contributed by atoms with Crippen molar-refractivity contribution >= 4 is 0 Å². The average Bonchev–Trinajstić information content (AvgIpc) is 2.99. The summed E-state index contributed by atoms with van der Waals surface area (Å²) < 4.78 is 5.65. The molecule has 0 spiro atoms. The number of hydrogen-bond donors (Lipinski definition) is 3. The van der Waals surface area contributed by atoms with Gasteiger partial charge in [0, 0.05) is 25.8 Å². The molecule has 1 heterocycles. The van der Waals surface area contributed by atoms with E-state index in [1.54, 1.807) is 0 Å². The Morgan fingerprint density at radius 1 is 0.815 bits per heavy atom. The first-order valence-electron chi connectivity index (χ1n) is 11.6. The van der Waals surface area contributed by atoms with Crippen molar-refractivity contribution in [2.75, 3.05) is 19.8 Å². The highest BCUT2D eigenvalue weighted by Crippen LogP contribution is 2.12. The molecular formula is C23H45NO3. The average molecular weight is 384 g/mol. The van der Waals surface area contributed by atoms with Gasteiger partial charge in [0.2, 0.25) is 0 Å². The molecule has 1 aliphatic rings. The van der Waals surface area contributed by atoms with E-state index in [1.807, 2.05) is 0 Å². The lowest BCUT2D eigenvalue weighted by Crippen LogP contribution is -2.34. The number of β-amino-alcohol motifs (C(OH)–C–C–N with tert-alkyl or cyclic N) is 1. The Kier molecular flexibility index (Phi) is 16.1. The Hall–Kier alpha value is -0.420. The van der Waals surface area contributed by atoms with Gasteiger partial charge < -0.3 is 20.3 Å². The van der Waals surface area contributed by atoms with Crippen LogP contribution in [0.5, 0.6) is 0 Å². The fourth-order valence-corrected chi connectivity index (χ4v) is 3.64. The first-order chi connectivity index (χ1) is 13.3. The molecule has 0 aromatic heterocycles. The Morgan fingerprint density at radius 2 is 1.41 bits per heavy atom. The van der Waals surface area contributed by atoms with Gasteiger partial charge in [-0.25, -0.2) is 0 Å². The molecule has 0 amide bonds. The monoisotopic (exact) mass is 383 g/mol. The third-order valence-corrected chi connectivity index (χ3v) is 5.52. The Labute approximate surface area is 167 Å². The summed E-state index contributed by atoms with van der Waals surface area (Å²) in [6.07, 6.45) is 21.3. The standard InChI is InChI=1S/C23H45NO3/c1-2-3-4-5-6-7-8-9-10-11-12-13-14-15-16-18-27-19-17-21-23(26)22(25)20-24-21/h9-10,21-26H,2-8,11-20H2,1H3/b10-9-/t21-,22+,23-/m1/s1. The summed E-state index contributed by atoms with van der Waals surface area (Å²) in [5, 5.41) is 22.3. The van der Waals surface area contributed by atoms with Gasteiger partial charge in [0.15, 0.2) is 0 Å². The zero-order valence-electron chi connectivity index (χ0n) is 17.7. The van der Waals surface area contributed by atoms with Gasteiger partial charge in [-0.05, 0) is 38.5 Å². The van der Waals surface area contributed by atoms with E-state index in [0.717, 1.165) is 19.4 Å². The number of ether oxygens (including phenoxy) is 1. The number of allylic oxidation sites excluding steroid dienone is 2. The van der Waals surface area contributed by atoms with Gasteiger partial charge in [-0.3, -0.25) is 0 Å². The van der Waals surface area contributed by atoms with E-state index >= 15 is 0 Å². The van der Waals surface area contributed by atoms with Crippen LogP contribution in [-0.2, 0) is 4.74 Å². The summed E-state index contributed by atoms with van der Waals surface area (Å²) in [7, 11) is 0. The van der Waals surface area contributed by atoms with Crippen LogP contribution in [0.1, 0.15) is 96.8 Å². The molecule has 0 aromatic rings. The summed E-state index contributed by atoms with van der Waals surface area (Å²) in [5.74, 6) is 0. The highest BCUT2D eigenvalue weighted by molar-refractivity contribution is 4.90. The van der Waals surface area contributed by atoms with Gasteiger partial charge >= 0.3 is 0 Å². The topological polar surface area (TPSA) is 61.7 Å². The molecule has 0 saturated carbocycles. The van der Waals surface area contributed by atoms with Crippen LogP contribution in [0.4, 0.5) is 0 Å². The molecule has 4 heteroatoms. The number of nitrogens with one attached hydrogen (secondary N) is 1. The van der Waals surface area contributed by atoms with Crippen LogP contribution in [0.2, 0.25) is 0 Å². The maximum Gasteiger partial charge on any atom is 0.0964 e. The number of hydrogen-bond acceptors (Lipinski definition) is 4. The fourth-order valence-electron chi connectivity index (χ4n) is 3.64. The molecule has 3 N–H and O–H groups in total. The van der Waals surface area contributed by atoms with Crippen molar-refractivity contribution in [3.05, 3.63) is 12.2 Å². The summed E-state index contributed by atoms with van der Waals surface area (Å²) >= 11 is 0. The number of rotatable bonds is 18. The van der Waals surface area contributed by atoms with Crippen LogP contribution in [0.15, 0.2) is 12.2 Å². The number of aliphatic hydroxyl groups excluding tert-OH is 2. The minimum atomic E-state index is -0.645. The van der Waals surface area contributed by atoms with E-state index < -0.39 is 12.2 Å². The lowest BCUT2D eigenvalue weighted by atomic mass is 10.1. The predicted octanol–water partition coefficient (Wildman–Crippen LogP) is 4.73. The molecule has 4 nitrogen and oxygen atoms in total. The first-order valence-corrected chi connectivity index (χ1v) is 11.6. The molecule has 0 unspecified atom stereocenters. The van der Waals surface area contributed by atoms with Gasteiger partial charge in [-0.2, -0.15) is 0 Å². The van der Waals surface area contributed by atoms with Crippen LogP contribution in [0.3, 0.4) is 0 Å². The fraction of sp³-hybridized carbons (Fsp3) is 0.913. The van der Waals surface area contributed by atoms with Crippen LogP contribution < -0.4 is 5.32 Å². The van der Waals surface area contributed by atoms with E-state index in [0.29, 0.717) is 13.2 Å². The van der Waals surface area contributed by atoms with Crippen LogP contribution in [-0.4, -0.2) is 48.2 Å². The SMILES string of the molecule is CCCCCCCC/C=C\CCCCCCCOCC[C@H]1NC[C@H](O)[C@@H]1O. The molecule has 1 saturated heterocycles. The normalized spacial score (nSPS) is 22.9. The quantitative estimate of drug-likeness (QED) is 0.236. The molecular weight excluding hydrogens is 338 g/mol. The van der Waals surface area contributed by atoms with E-state index in [9.17, 15) is 10.2 Å². The first kappa shape index (κ1) is 24.6. The van der Waals surface area contributed by atoms with Crippen molar-refractivity contribution in [1.29, 1.82) is 0 Å². The highest BCUT2D eigenvalue weighted by atomic mass is 16.5. The second kappa shape index (κ2) is 17.7. The summed E-state index contributed by atoms with van der Waals surface area (Å²) in [5.41, 5.74) is 0. The summed E-state index contributed by atoms with van der Waals surface area (Å²) in [6.45, 7) is 4.22. The Bertz CT molecular complexity index is 349. The third-order valence-electron chi connectivity index (χ3n) is 5.52. The van der Waals surface area contributed by atoms with Crippen molar-refractivity contribution in [1.82, 2.24) is 5.32 Å². The van der Waals surface area contributed by atoms with Crippen LogP contribution >= 0.6 is 0 Å². The van der Waals surface area contributed by atoms with Gasteiger partial charge in [-0.15, -0.1) is 0 Å². The van der Waals surface area contributed by atoms with Crippen molar-refractivity contribution in [3.8, 4) is 0 Å². The zero-order chi connectivity index (χ0) is 19.6. The maximum atomic E-state index is 9.73. The lowest BCUT2D eigenvalue weighted by molar-refractivity contribution is 0.0313. The lowest BCUT2D eigenvalue weighted by Gasteiger charge is -2.15. The zero-order valence-corrected chi connectivity index (χ0v) is 17.7. The van der Waals surface area contributed by atoms with Gasteiger partial charge in [0.25, 0.3) is 0 Å². The van der Waals surface area contributed by atoms with Crippen molar-refractivity contribution in [2.24, 2.45) is 0 Å². The van der Waals surface area contributed by atoms with E-state index in [2.05, 4.69) is 24.4 Å². The molecule has 160 valence electrons. The largest absolute Gasteiger partial charge is 0.389 e. The minimum absolute atomic E-state index is 0.0193. The van der Waals surface area contributed by atoms with Crippen molar-refractivity contribution in [2.45, 2.75) is 115 Å². The third kappa shape index (κ3) is 13.4. The van der Waals surface area contributed by atoms with Crippen LogP contribution in [0.25, 0.3) is 0 Å². The molecule has 3 atom stereocenters. The second-order valence-electron chi connectivity index (χ2n) is 8.06. The number of unbranched alkanes of at least 4 members (excludes halogenated alkanes) is 11. The van der Waals surface area contributed by atoms with Crippen molar-refractivity contribution in [3.63, 3.8) is 0 Å². The molecule has 0 bridgehead atoms. The molecule has 1 aliphatic heterocycles. The number of aliphatic hydroxyl groups is 2. The van der Waals surface area contributed by atoms with E-state index in [4.69, 9.17) is 4.74 Å². The van der Waals surface area contributed by atoms with Gasteiger partial charge in [-0.1, -0.05) is 70.4 Å². The van der Waals surface area contributed by atoms with Crippen molar-refractivity contribution < 1.29 is 14.9 Å². The van der Waals surface area contributed by atoms with E-state index in [1.165, 1.54) is 77.0 Å². The molecule has 1 rings (SSSR count). The molecule has 0 radical (unpaired) electrons. The predicted molar refractivity (Wildman–Crippen MR) is 114 cm³/mol. The van der Waals surface area contributed by atoms with Gasteiger partial charge in [0.1, 0.15) is 0 Å². The summed E-state index contributed by atoms with van der Waals surface area (Å²) in [4.78, 5) is 0. The van der Waals surface area contributed by atoms with Crippen LogP contribution in [0, 0.1) is 0 Å². The molecule has 1 fully saturated rings. The Morgan fingerprint density at radius 3 is 2.00 bits per heavy atom. The minimum Gasteiger partial charge on any atom is -0.389 e.